The monoisotopic (exact) mass is 626 g/mol. The Bertz CT molecular complexity index is 1190. The first-order chi connectivity index (χ1) is 21.0. The first-order valence-corrected chi connectivity index (χ1v) is 17.4. The lowest BCUT2D eigenvalue weighted by Gasteiger charge is -2.34. The predicted octanol–water partition coefficient (Wildman–Crippen LogP) is 6.18. The second kappa shape index (κ2) is 17.8. The van der Waals surface area contributed by atoms with Crippen molar-refractivity contribution in [3.63, 3.8) is 0 Å². The van der Waals surface area contributed by atoms with Crippen LogP contribution in [-0.2, 0) is 20.9 Å². The van der Waals surface area contributed by atoms with Crippen molar-refractivity contribution in [2.45, 2.75) is 123 Å². The second-order valence-corrected chi connectivity index (χ2v) is 14.3. The number of nitrogens with zero attached hydrogens (tertiary/aromatic N) is 2. The average molecular weight is 627 g/mol. The van der Waals surface area contributed by atoms with E-state index in [0.717, 1.165) is 53.9 Å². The molecule has 1 aliphatic heterocycles. The van der Waals surface area contributed by atoms with E-state index in [0.29, 0.717) is 13.0 Å². The number of aryl methyl sites for hydroxylation is 1. The summed E-state index contributed by atoms with van der Waals surface area (Å²) < 4.78 is 0. The first kappa shape index (κ1) is 35.9. The number of ketones is 1. The molecule has 8 nitrogen and oxygen atoms in total. The van der Waals surface area contributed by atoms with Crippen LogP contribution in [0.3, 0.4) is 0 Å². The summed E-state index contributed by atoms with van der Waals surface area (Å²) in [6, 6.07) is 7.25. The third-order valence-corrected chi connectivity index (χ3v) is 9.71. The number of aliphatic hydroxyl groups is 1. The molecule has 2 heterocycles. The molecule has 0 saturated carbocycles. The van der Waals surface area contributed by atoms with Gasteiger partial charge in [-0.3, -0.25) is 14.4 Å². The SMILES string of the molecule is Cc1ncsc1-c1ccc(CNC(=O)[C@@H]2C[C@@H](O)CN2C(=O)[C@@H](CC(=O)CCCCCCCCCCCN)C(C)(C)C)cc1. The molecule has 0 spiro atoms. The van der Waals surface area contributed by atoms with E-state index in [1.807, 2.05) is 57.5 Å². The highest BCUT2D eigenvalue weighted by molar-refractivity contribution is 7.13. The Morgan fingerprint density at radius 3 is 2.20 bits per heavy atom. The average Bonchev–Trinajstić information content (AvgIpc) is 3.60. The molecule has 0 aliphatic carbocycles. The molecule has 1 aromatic carbocycles. The summed E-state index contributed by atoms with van der Waals surface area (Å²) in [4.78, 5) is 47.1. The van der Waals surface area contributed by atoms with Crippen LogP contribution >= 0.6 is 11.3 Å². The number of nitrogens with one attached hydrogen (secondary N) is 1. The van der Waals surface area contributed by atoms with Gasteiger partial charge in [0.05, 0.1) is 22.2 Å². The van der Waals surface area contributed by atoms with Gasteiger partial charge in [0.15, 0.2) is 0 Å². The van der Waals surface area contributed by atoms with Crippen LogP contribution in [0, 0.1) is 18.3 Å². The number of hydrogen-bond acceptors (Lipinski definition) is 7. The number of thiazole rings is 1. The van der Waals surface area contributed by atoms with Gasteiger partial charge in [-0.1, -0.05) is 90.0 Å². The molecule has 2 amide bonds. The number of aliphatic hydroxyl groups excluding tert-OH is 1. The summed E-state index contributed by atoms with van der Waals surface area (Å²) in [5.41, 5.74) is 9.95. The number of unbranched alkanes of at least 4 members (excludes halogenated alkanes) is 8. The van der Waals surface area contributed by atoms with Gasteiger partial charge >= 0.3 is 0 Å². The molecule has 3 rings (SSSR count). The van der Waals surface area contributed by atoms with Crippen LogP contribution in [0.5, 0.6) is 0 Å². The number of nitrogens with two attached hydrogens (primary N) is 1. The van der Waals surface area contributed by atoms with E-state index in [-0.39, 0.29) is 37.0 Å². The number of carbonyl (C=O) groups is 3. The number of likely N-dealkylation sites (tertiary alicyclic amines) is 1. The smallest absolute Gasteiger partial charge is 0.243 e. The molecule has 1 saturated heterocycles. The molecule has 0 unspecified atom stereocenters. The molecule has 0 bridgehead atoms. The zero-order valence-electron chi connectivity index (χ0n) is 27.3. The Balaban J connectivity index is 1.49. The zero-order valence-corrected chi connectivity index (χ0v) is 28.1. The molecule has 44 heavy (non-hydrogen) atoms. The normalized spacial score (nSPS) is 17.5. The lowest BCUT2D eigenvalue weighted by atomic mass is 9.76. The summed E-state index contributed by atoms with van der Waals surface area (Å²) in [6.07, 6.45) is 10.3. The van der Waals surface area contributed by atoms with Gasteiger partial charge in [-0.2, -0.15) is 0 Å². The molecule has 1 aliphatic rings. The van der Waals surface area contributed by atoms with Gasteiger partial charge in [0, 0.05) is 38.3 Å². The molecule has 3 atom stereocenters. The maximum atomic E-state index is 13.9. The molecule has 1 fully saturated rings. The lowest BCUT2D eigenvalue weighted by Crippen LogP contribution is -2.50. The van der Waals surface area contributed by atoms with Gasteiger partial charge in [-0.15, -0.1) is 11.3 Å². The zero-order chi connectivity index (χ0) is 32.1. The Hall–Kier alpha value is -2.62. The fourth-order valence-corrected chi connectivity index (χ4v) is 6.78. The van der Waals surface area contributed by atoms with Crippen LogP contribution in [0.15, 0.2) is 29.8 Å². The summed E-state index contributed by atoms with van der Waals surface area (Å²) in [5, 5.41) is 13.4. The minimum Gasteiger partial charge on any atom is -0.391 e. The van der Waals surface area contributed by atoms with E-state index in [4.69, 9.17) is 5.73 Å². The Morgan fingerprint density at radius 2 is 1.64 bits per heavy atom. The van der Waals surface area contributed by atoms with Crippen molar-refractivity contribution >= 4 is 28.9 Å². The van der Waals surface area contributed by atoms with Gasteiger partial charge in [0.1, 0.15) is 11.8 Å². The number of aromatic nitrogens is 1. The van der Waals surface area contributed by atoms with Gasteiger partial charge in [-0.25, -0.2) is 4.98 Å². The predicted molar refractivity (Wildman–Crippen MR) is 178 cm³/mol. The number of amides is 2. The molecular formula is C35H54N4O4S. The molecule has 4 N–H and O–H groups in total. The fourth-order valence-electron chi connectivity index (χ4n) is 5.96. The van der Waals surface area contributed by atoms with E-state index in [9.17, 15) is 19.5 Å². The Labute approximate surface area is 268 Å². The highest BCUT2D eigenvalue weighted by Gasteiger charge is 2.44. The third-order valence-electron chi connectivity index (χ3n) is 8.73. The molecule has 0 radical (unpaired) electrons. The number of Topliss-reactive ketones (excluding diaryl/α,β-unsaturated/α-hetero) is 1. The largest absolute Gasteiger partial charge is 0.391 e. The molecular weight excluding hydrogens is 572 g/mol. The van der Waals surface area contributed by atoms with Crippen molar-refractivity contribution in [3.05, 3.63) is 41.0 Å². The van der Waals surface area contributed by atoms with Crippen molar-refractivity contribution in [2.75, 3.05) is 13.1 Å². The maximum Gasteiger partial charge on any atom is 0.243 e. The fraction of sp³-hybridized carbons (Fsp3) is 0.657. The van der Waals surface area contributed by atoms with Crippen LogP contribution in [0.25, 0.3) is 10.4 Å². The number of rotatable bonds is 18. The highest BCUT2D eigenvalue weighted by atomic mass is 32.1. The summed E-state index contributed by atoms with van der Waals surface area (Å²) >= 11 is 1.60. The number of carbonyl (C=O) groups excluding carboxylic acids is 3. The van der Waals surface area contributed by atoms with Crippen LogP contribution in [-0.4, -0.2) is 57.8 Å². The lowest BCUT2D eigenvalue weighted by molar-refractivity contribution is -0.146. The number of hydrogen-bond donors (Lipinski definition) is 3. The summed E-state index contributed by atoms with van der Waals surface area (Å²) in [5.74, 6) is -0.957. The Kier molecular flexibility index (Phi) is 14.5. The van der Waals surface area contributed by atoms with Crippen molar-refractivity contribution in [3.8, 4) is 10.4 Å². The standard InChI is InChI=1S/C35H54N4O4S/c1-25-32(44-24-38-25)27-17-15-26(16-18-27)22-37-33(42)31-21-29(41)23-39(31)34(43)30(35(2,3)4)20-28(40)14-12-10-8-6-5-7-9-11-13-19-36/h15-18,24,29-31,41H,5-14,19-23,36H2,1-4H3,(H,37,42)/t29-,30-,31+/m1/s1. The minimum absolute atomic E-state index is 0.0952. The van der Waals surface area contributed by atoms with E-state index in [1.165, 1.54) is 37.0 Å². The summed E-state index contributed by atoms with van der Waals surface area (Å²) in [6.45, 7) is 9.09. The van der Waals surface area contributed by atoms with Gasteiger partial charge in [0.2, 0.25) is 11.8 Å². The topological polar surface area (TPSA) is 126 Å². The maximum absolute atomic E-state index is 13.9. The molecule has 9 heteroatoms. The van der Waals surface area contributed by atoms with Crippen molar-refractivity contribution in [2.24, 2.45) is 17.1 Å². The van der Waals surface area contributed by atoms with E-state index in [2.05, 4.69) is 10.3 Å². The number of β-amino-alcohol motifs (C(OH)–C–C–N with tert-alkyl or cyclic N) is 1. The highest BCUT2D eigenvalue weighted by Crippen LogP contribution is 2.34. The molecule has 1 aromatic heterocycles. The quantitative estimate of drug-likeness (QED) is 0.170. The number of benzene rings is 1. The van der Waals surface area contributed by atoms with Crippen LogP contribution in [0.1, 0.15) is 109 Å². The van der Waals surface area contributed by atoms with Gasteiger partial charge < -0.3 is 21.1 Å². The van der Waals surface area contributed by atoms with E-state index in [1.54, 1.807) is 11.3 Å². The summed E-state index contributed by atoms with van der Waals surface area (Å²) in [7, 11) is 0. The van der Waals surface area contributed by atoms with Gasteiger partial charge in [0.25, 0.3) is 0 Å². The van der Waals surface area contributed by atoms with E-state index < -0.39 is 23.5 Å². The molecule has 2 aromatic rings. The van der Waals surface area contributed by atoms with E-state index >= 15 is 0 Å². The van der Waals surface area contributed by atoms with Crippen LogP contribution < -0.4 is 11.1 Å². The third kappa shape index (κ3) is 11.1. The molecule has 244 valence electrons. The van der Waals surface area contributed by atoms with Crippen molar-refractivity contribution in [1.29, 1.82) is 0 Å². The van der Waals surface area contributed by atoms with Crippen molar-refractivity contribution in [1.82, 2.24) is 15.2 Å². The Morgan fingerprint density at radius 1 is 1.02 bits per heavy atom. The minimum atomic E-state index is -0.770. The van der Waals surface area contributed by atoms with Crippen LogP contribution in [0.4, 0.5) is 0 Å². The van der Waals surface area contributed by atoms with Gasteiger partial charge in [-0.05, 0) is 42.9 Å². The van der Waals surface area contributed by atoms with Crippen molar-refractivity contribution < 1.29 is 19.5 Å². The first-order valence-electron chi connectivity index (χ1n) is 16.5. The second-order valence-electron chi connectivity index (χ2n) is 13.5. The van der Waals surface area contributed by atoms with Crippen LogP contribution in [0.2, 0.25) is 0 Å².